The van der Waals surface area contributed by atoms with E-state index in [0.29, 0.717) is 6.07 Å². The van der Waals surface area contributed by atoms with Crippen LogP contribution in [-0.4, -0.2) is 13.0 Å². The lowest BCUT2D eigenvalue weighted by Gasteiger charge is -2.03. The minimum absolute atomic E-state index is 0.0647. The summed E-state index contributed by atoms with van der Waals surface area (Å²) in [5.74, 6) is -1.99. The first-order valence-corrected chi connectivity index (χ1v) is 7.67. The highest BCUT2D eigenvalue weighted by atomic mass is 32.2. The molecule has 1 rings (SSSR count). The second kappa shape index (κ2) is 9.86. The number of hydrogen-bond acceptors (Lipinski definition) is 2. The van der Waals surface area contributed by atoms with E-state index in [1.54, 1.807) is 6.92 Å². The fourth-order valence-corrected chi connectivity index (χ4v) is 1.60. The molecule has 0 saturated carbocycles. The van der Waals surface area contributed by atoms with Crippen molar-refractivity contribution >= 4 is 10.1 Å². The molecule has 1 N–H and O–H groups in total. The Morgan fingerprint density at radius 1 is 1.05 bits per heavy atom. The molecule has 0 fully saturated rings. The van der Waals surface area contributed by atoms with Crippen LogP contribution in [0.2, 0.25) is 0 Å². The summed E-state index contributed by atoms with van der Waals surface area (Å²) in [6.07, 6.45) is 1.49. The number of halogens is 2. The molecule has 0 saturated heterocycles. The highest BCUT2D eigenvalue weighted by Crippen LogP contribution is 2.19. The molecule has 0 bridgehead atoms. The number of rotatable bonds is 2. The van der Waals surface area contributed by atoms with E-state index in [0.717, 1.165) is 6.07 Å². The number of aryl methyl sites for hydroxylation is 1. The van der Waals surface area contributed by atoms with Gasteiger partial charge in [-0.05, 0) is 24.1 Å². The molecule has 6 heteroatoms. The largest absolute Gasteiger partial charge is 0.297 e. The topological polar surface area (TPSA) is 54.4 Å². The average Bonchev–Trinajstić information content (AvgIpc) is 2.34. The monoisotopic (exact) mass is 296 g/mol. The van der Waals surface area contributed by atoms with E-state index in [1.165, 1.54) is 6.42 Å². The van der Waals surface area contributed by atoms with Gasteiger partial charge in [-0.15, -0.1) is 0 Å². The highest BCUT2D eigenvalue weighted by Gasteiger charge is 2.18. The van der Waals surface area contributed by atoms with Crippen LogP contribution in [0.1, 0.15) is 46.6 Å². The molecule has 0 aliphatic heterocycles. The average molecular weight is 296 g/mol. The maximum atomic E-state index is 13.0. The number of hydrogen-bond donors (Lipinski definition) is 1. The molecule has 19 heavy (non-hydrogen) atoms. The predicted octanol–water partition coefficient (Wildman–Crippen LogP) is 4.22. The fraction of sp³-hybridized carbons (Fsp3) is 0.538. The Kier molecular flexibility index (Phi) is 10.5. The minimum Gasteiger partial charge on any atom is -0.282 e. The van der Waals surface area contributed by atoms with Crippen LogP contribution in [0.4, 0.5) is 8.78 Å². The summed E-state index contributed by atoms with van der Waals surface area (Å²) in [7, 11) is -4.70. The van der Waals surface area contributed by atoms with Crippen LogP contribution in [0.25, 0.3) is 0 Å². The molecule has 3 nitrogen and oxygen atoms in total. The Balaban J connectivity index is 0. The molecule has 0 atom stereocenters. The van der Waals surface area contributed by atoms with Crippen LogP contribution in [0.15, 0.2) is 17.0 Å². The predicted molar refractivity (Wildman–Crippen MR) is 72.9 cm³/mol. The molecule has 0 amide bonds. The van der Waals surface area contributed by atoms with E-state index in [-0.39, 0.29) is 12.0 Å². The molecule has 1 aromatic carbocycles. The maximum absolute atomic E-state index is 13.0. The Labute approximate surface area is 114 Å². The van der Waals surface area contributed by atoms with Crippen LogP contribution < -0.4 is 0 Å². The Hall–Kier alpha value is -1.01. The molecular weight excluding hydrogens is 274 g/mol. The molecule has 0 heterocycles. The van der Waals surface area contributed by atoms with Crippen molar-refractivity contribution in [2.24, 2.45) is 0 Å². The summed E-state index contributed by atoms with van der Waals surface area (Å²) >= 11 is 0. The minimum atomic E-state index is -4.70. The van der Waals surface area contributed by atoms with Crippen molar-refractivity contribution in [1.29, 1.82) is 0 Å². The van der Waals surface area contributed by atoms with Gasteiger partial charge in [0.1, 0.15) is 16.5 Å². The Morgan fingerprint density at radius 3 is 1.79 bits per heavy atom. The zero-order valence-corrected chi connectivity index (χ0v) is 12.8. The van der Waals surface area contributed by atoms with Gasteiger partial charge in [-0.2, -0.15) is 8.42 Å². The van der Waals surface area contributed by atoms with Gasteiger partial charge in [0.2, 0.25) is 0 Å². The lowest BCUT2D eigenvalue weighted by molar-refractivity contribution is 0.470. The van der Waals surface area contributed by atoms with E-state index in [2.05, 4.69) is 13.8 Å². The van der Waals surface area contributed by atoms with E-state index < -0.39 is 26.6 Å². The lowest BCUT2D eigenvalue weighted by atomic mass is 10.1. The van der Waals surface area contributed by atoms with E-state index in [9.17, 15) is 17.2 Å². The molecule has 0 aliphatic carbocycles. The molecular formula is C13H22F2O3S. The van der Waals surface area contributed by atoms with Gasteiger partial charge in [0.15, 0.2) is 0 Å². The SMILES string of the molecule is CC.CCC.CCc1cc(F)c(S(=O)(=O)O)cc1F. The van der Waals surface area contributed by atoms with Crippen molar-refractivity contribution < 1.29 is 21.8 Å². The third kappa shape index (κ3) is 7.22. The Morgan fingerprint density at radius 2 is 1.47 bits per heavy atom. The van der Waals surface area contributed by atoms with Crippen LogP contribution in [0.5, 0.6) is 0 Å². The standard InChI is InChI=1S/C8H8F2O3S.C3H8.C2H6/c1-2-5-3-7(10)8(4-6(5)9)14(11,12)13;1-3-2;1-2/h3-4H,2H2,1H3,(H,11,12,13);3H2,1-2H3;1-2H3. The lowest BCUT2D eigenvalue weighted by Crippen LogP contribution is -2.04. The molecule has 112 valence electrons. The molecule has 0 unspecified atom stereocenters. The van der Waals surface area contributed by atoms with Gasteiger partial charge in [-0.3, -0.25) is 4.55 Å². The third-order valence-corrected chi connectivity index (χ3v) is 2.63. The van der Waals surface area contributed by atoms with Crippen molar-refractivity contribution in [3.05, 3.63) is 29.3 Å². The zero-order chi connectivity index (χ0) is 15.6. The van der Waals surface area contributed by atoms with Gasteiger partial charge in [0, 0.05) is 0 Å². The number of benzene rings is 1. The van der Waals surface area contributed by atoms with Crippen molar-refractivity contribution in [2.45, 2.75) is 52.4 Å². The molecule has 1 aromatic rings. The summed E-state index contributed by atoms with van der Waals surface area (Å²) in [4.78, 5) is -1.03. The summed E-state index contributed by atoms with van der Waals surface area (Å²) in [5.41, 5.74) is 0.0647. The Bertz CT molecular complexity index is 471. The summed E-state index contributed by atoms with van der Waals surface area (Å²) in [5, 5.41) is 0. The summed E-state index contributed by atoms with van der Waals surface area (Å²) < 4.78 is 55.7. The van der Waals surface area contributed by atoms with Gasteiger partial charge in [0.25, 0.3) is 10.1 Å². The smallest absolute Gasteiger partial charge is 0.282 e. The van der Waals surface area contributed by atoms with Crippen LogP contribution in [-0.2, 0) is 16.5 Å². The quantitative estimate of drug-likeness (QED) is 0.831. The van der Waals surface area contributed by atoms with Gasteiger partial charge >= 0.3 is 0 Å². The molecule has 0 radical (unpaired) electrons. The van der Waals surface area contributed by atoms with E-state index in [4.69, 9.17) is 4.55 Å². The van der Waals surface area contributed by atoms with Crippen molar-refractivity contribution in [3.63, 3.8) is 0 Å². The van der Waals surface area contributed by atoms with Crippen LogP contribution >= 0.6 is 0 Å². The second-order valence-electron chi connectivity index (χ2n) is 3.41. The zero-order valence-electron chi connectivity index (χ0n) is 12.0. The van der Waals surface area contributed by atoms with Gasteiger partial charge in [-0.1, -0.05) is 41.0 Å². The first-order chi connectivity index (χ1) is 8.77. The van der Waals surface area contributed by atoms with E-state index >= 15 is 0 Å². The van der Waals surface area contributed by atoms with Gasteiger partial charge < -0.3 is 0 Å². The van der Waals surface area contributed by atoms with Crippen molar-refractivity contribution in [2.75, 3.05) is 0 Å². The fourth-order valence-electron chi connectivity index (χ4n) is 1.04. The normalized spacial score (nSPS) is 9.89. The first-order valence-electron chi connectivity index (χ1n) is 6.23. The third-order valence-electron chi connectivity index (χ3n) is 1.76. The van der Waals surface area contributed by atoms with E-state index in [1.807, 2.05) is 13.8 Å². The summed E-state index contributed by atoms with van der Waals surface area (Å²) in [6.45, 7) is 9.85. The van der Waals surface area contributed by atoms with Crippen LogP contribution in [0.3, 0.4) is 0 Å². The van der Waals surface area contributed by atoms with Gasteiger partial charge in [0.05, 0.1) is 0 Å². The molecule has 0 aliphatic rings. The first kappa shape index (κ1) is 20.3. The molecule has 0 spiro atoms. The summed E-state index contributed by atoms with van der Waals surface area (Å²) in [6, 6.07) is 1.24. The second-order valence-corrected chi connectivity index (χ2v) is 4.80. The maximum Gasteiger partial charge on any atom is 0.297 e. The van der Waals surface area contributed by atoms with Crippen molar-refractivity contribution in [1.82, 2.24) is 0 Å². The molecule has 0 aromatic heterocycles. The van der Waals surface area contributed by atoms with Crippen LogP contribution in [0, 0.1) is 11.6 Å². The highest BCUT2D eigenvalue weighted by molar-refractivity contribution is 7.85. The van der Waals surface area contributed by atoms with Crippen molar-refractivity contribution in [3.8, 4) is 0 Å². The van der Waals surface area contributed by atoms with Gasteiger partial charge in [-0.25, -0.2) is 8.78 Å².